The van der Waals surface area contributed by atoms with Crippen molar-refractivity contribution < 1.29 is 19.1 Å². The lowest BCUT2D eigenvalue weighted by Gasteiger charge is -2.35. The van der Waals surface area contributed by atoms with E-state index in [1.807, 2.05) is 18.2 Å². The minimum Gasteiger partial charge on any atom is -0.376 e. The van der Waals surface area contributed by atoms with Crippen LogP contribution >= 0.6 is 0 Å². The van der Waals surface area contributed by atoms with E-state index in [0.717, 1.165) is 18.7 Å². The number of anilines is 1. The Morgan fingerprint density at radius 1 is 1.03 bits per heavy atom. The number of hydrogen-bond acceptors (Lipinski definition) is 6. The second kappa shape index (κ2) is 8.11. The SMILES string of the molecule is O=C(c1ccc2c(c1)C(=O)N(CC1CCCO1)C2=O)N1CCN(c2ccccn2)CC1. The molecule has 3 aliphatic heterocycles. The number of amides is 3. The number of imide groups is 1. The summed E-state index contributed by atoms with van der Waals surface area (Å²) in [4.78, 5) is 48.2. The summed E-state index contributed by atoms with van der Waals surface area (Å²) >= 11 is 0. The van der Waals surface area contributed by atoms with Crippen LogP contribution in [-0.4, -0.2) is 77.9 Å². The van der Waals surface area contributed by atoms with Crippen LogP contribution in [0, 0.1) is 0 Å². The Balaban J connectivity index is 1.27. The molecule has 2 aromatic rings. The molecule has 3 amide bonds. The van der Waals surface area contributed by atoms with Gasteiger partial charge in [-0.15, -0.1) is 0 Å². The molecule has 0 bridgehead atoms. The van der Waals surface area contributed by atoms with Crippen LogP contribution in [0.4, 0.5) is 5.82 Å². The van der Waals surface area contributed by atoms with E-state index in [1.54, 1.807) is 29.3 Å². The topological polar surface area (TPSA) is 83.0 Å². The van der Waals surface area contributed by atoms with Crippen molar-refractivity contribution in [2.75, 3.05) is 44.2 Å². The summed E-state index contributed by atoms with van der Waals surface area (Å²) < 4.78 is 5.58. The first-order valence-corrected chi connectivity index (χ1v) is 10.7. The first-order chi connectivity index (χ1) is 15.1. The van der Waals surface area contributed by atoms with Crippen LogP contribution in [-0.2, 0) is 4.74 Å². The van der Waals surface area contributed by atoms with Gasteiger partial charge in [0, 0.05) is 44.5 Å². The fraction of sp³-hybridized carbons (Fsp3) is 0.391. The third-order valence-electron chi connectivity index (χ3n) is 6.17. The highest BCUT2D eigenvalue weighted by Crippen LogP contribution is 2.27. The number of aromatic nitrogens is 1. The molecule has 0 saturated carbocycles. The molecule has 1 atom stereocenters. The molecule has 4 heterocycles. The van der Waals surface area contributed by atoms with Crippen LogP contribution in [0.5, 0.6) is 0 Å². The van der Waals surface area contributed by atoms with E-state index in [4.69, 9.17) is 4.74 Å². The number of hydrogen-bond donors (Lipinski definition) is 0. The molecule has 8 nitrogen and oxygen atoms in total. The molecule has 5 rings (SSSR count). The number of pyridine rings is 1. The summed E-state index contributed by atoms with van der Waals surface area (Å²) in [6.45, 7) is 3.47. The summed E-state index contributed by atoms with van der Waals surface area (Å²) in [5, 5.41) is 0. The zero-order chi connectivity index (χ0) is 21.4. The van der Waals surface area contributed by atoms with Crippen LogP contribution < -0.4 is 4.90 Å². The fourth-order valence-corrected chi connectivity index (χ4v) is 4.44. The average molecular weight is 420 g/mol. The van der Waals surface area contributed by atoms with Crippen molar-refractivity contribution in [2.24, 2.45) is 0 Å². The van der Waals surface area contributed by atoms with Crippen LogP contribution in [0.15, 0.2) is 42.6 Å². The van der Waals surface area contributed by atoms with Gasteiger partial charge in [-0.1, -0.05) is 6.07 Å². The number of fused-ring (bicyclic) bond motifs is 1. The number of nitrogens with zero attached hydrogens (tertiary/aromatic N) is 4. The molecule has 2 fully saturated rings. The molecule has 8 heteroatoms. The highest BCUT2D eigenvalue weighted by atomic mass is 16.5. The first kappa shape index (κ1) is 19.7. The number of benzene rings is 1. The summed E-state index contributed by atoms with van der Waals surface area (Å²) in [5.74, 6) is 0.132. The Morgan fingerprint density at radius 3 is 2.55 bits per heavy atom. The van der Waals surface area contributed by atoms with Crippen molar-refractivity contribution in [2.45, 2.75) is 18.9 Å². The van der Waals surface area contributed by atoms with Gasteiger partial charge < -0.3 is 14.5 Å². The molecular weight excluding hydrogens is 396 g/mol. The number of carbonyl (C=O) groups is 3. The Morgan fingerprint density at radius 2 is 1.84 bits per heavy atom. The highest BCUT2D eigenvalue weighted by Gasteiger charge is 2.38. The number of carbonyl (C=O) groups excluding carboxylic acids is 3. The van der Waals surface area contributed by atoms with Crippen LogP contribution in [0.25, 0.3) is 0 Å². The van der Waals surface area contributed by atoms with Crippen LogP contribution in [0.3, 0.4) is 0 Å². The van der Waals surface area contributed by atoms with Gasteiger partial charge in [0.1, 0.15) is 5.82 Å². The van der Waals surface area contributed by atoms with Gasteiger partial charge in [-0.2, -0.15) is 0 Å². The zero-order valence-corrected chi connectivity index (χ0v) is 17.2. The lowest BCUT2D eigenvalue weighted by Crippen LogP contribution is -2.49. The Labute approximate surface area is 180 Å². The van der Waals surface area contributed by atoms with Gasteiger partial charge in [0.15, 0.2) is 0 Å². The minimum atomic E-state index is -0.342. The van der Waals surface area contributed by atoms with Crippen LogP contribution in [0.2, 0.25) is 0 Å². The van der Waals surface area contributed by atoms with Gasteiger partial charge in [0.05, 0.1) is 23.8 Å². The minimum absolute atomic E-state index is 0.0984. The lowest BCUT2D eigenvalue weighted by atomic mass is 10.0. The highest BCUT2D eigenvalue weighted by molar-refractivity contribution is 6.22. The van der Waals surface area contributed by atoms with E-state index in [2.05, 4.69) is 9.88 Å². The zero-order valence-electron chi connectivity index (χ0n) is 17.2. The van der Waals surface area contributed by atoms with Crippen molar-refractivity contribution in [3.05, 3.63) is 59.3 Å². The standard InChI is InChI=1S/C23H24N4O4/c28-21(26-11-9-25(10-12-26)20-5-1-2-8-24-20)16-6-7-18-19(14-16)23(30)27(22(18)29)15-17-4-3-13-31-17/h1-2,5-8,14,17H,3-4,9-13,15H2. The van der Waals surface area contributed by atoms with Crippen LogP contribution in [0.1, 0.15) is 43.9 Å². The van der Waals surface area contributed by atoms with E-state index in [-0.39, 0.29) is 30.4 Å². The smallest absolute Gasteiger partial charge is 0.261 e. The molecule has 1 unspecified atom stereocenters. The Bertz CT molecular complexity index is 1010. The molecule has 0 N–H and O–H groups in total. The van der Waals surface area contributed by atoms with Crippen molar-refractivity contribution in [3.63, 3.8) is 0 Å². The van der Waals surface area contributed by atoms with E-state index < -0.39 is 0 Å². The third kappa shape index (κ3) is 3.67. The Hall–Kier alpha value is -3.26. The molecule has 1 aromatic heterocycles. The molecule has 1 aromatic carbocycles. The maximum Gasteiger partial charge on any atom is 0.261 e. The maximum absolute atomic E-state index is 13.1. The second-order valence-corrected chi connectivity index (χ2v) is 8.08. The fourth-order valence-electron chi connectivity index (χ4n) is 4.44. The summed E-state index contributed by atoms with van der Waals surface area (Å²) in [7, 11) is 0. The Kier molecular flexibility index (Phi) is 5.15. The predicted molar refractivity (Wildman–Crippen MR) is 113 cm³/mol. The normalized spacial score (nSPS) is 21.0. The van der Waals surface area contributed by atoms with E-state index >= 15 is 0 Å². The maximum atomic E-state index is 13.1. The molecule has 3 aliphatic rings. The molecule has 0 spiro atoms. The molecule has 160 valence electrons. The van der Waals surface area contributed by atoms with Gasteiger partial charge >= 0.3 is 0 Å². The first-order valence-electron chi connectivity index (χ1n) is 10.7. The lowest BCUT2D eigenvalue weighted by molar-refractivity contribution is 0.0475. The summed E-state index contributed by atoms with van der Waals surface area (Å²) in [6.07, 6.45) is 3.46. The van der Waals surface area contributed by atoms with Gasteiger partial charge in [-0.25, -0.2) is 4.98 Å². The molecule has 2 saturated heterocycles. The third-order valence-corrected chi connectivity index (χ3v) is 6.17. The molecular formula is C23H24N4O4. The molecule has 31 heavy (non-hydrogen) atoms. The second-order valence-electron chi connectivity index (χ2n) is 8.08. The van der Waals surface area contributed by atoms with Crippen molar-refractivity contribution in [1.29, 1.82) is 0 Å². The van der Waals surface area contributed by atoms with Crippen molar-refractivity contribution in [1.82, 2.24) is 14.8 Å². The van der Waals surface area contributed by atoms with Gasteiger partial charge in [0.2, 0.25) is 0 Å². The van der Waals surface area contributed by atoms with E-state index in [0.29, 0.717) is 49.5 Å². The van der Waals surface area contributed by atoms with Gasteiger partial charge in [0.25, 0.3) is 17.7 Å². The van der Waals surface area contributed by atoms with Gasteiger partial charge in [-0.3, -0.25) is 19.3 Å². The van der Waals surface area contributed by atoms with E-state index in [9.17, 15) is 14.4 Å². The van der Waals surface area contributed by atoms with Crippen molar-refractivity contribution in [3.8, 4) is 0 Å². The average Bonchev–Trinajstić information content (AvgIpc) is 3.42. The largest absolute Gasteiger partial charge is 0.376 e. The molecule has 0 radical (unpaired) electrons. The number of ether oxygens (including phenoxy) is 1. The summed E-state index contributed by atoms with van der Waals surface area (Å²) in [6, 6.07) is 10.6. The van der Waals surface area contributed by atoms with Crippen molar-refractivity contribution >= 4 is 23.5 Å². The monoisotopic (exact) mass is 420 g/mol. The predicted octanol–water partition coefficient (Wildman–Crippen LogP) is 1.82. The number of rotatable bonds is 4. The molecule has 0 aliphatic carbocycles. The summed E-state index contributed by atoms with van der Waals surface area (Å²) in [5.41, 5.74) is 1.10. The quantitative estimate of drug-likeness (QED) is 0.702. The van der Waals surface area contributed by atoms with Gasteiger partial charge in [-0.05, 0) is 43.2 Å². The van der Waals surface area contributed by atoms with E-state index in [1.165, 1.54) is 4.90 Å². The number of piperazine rings is 1.